The lowest BCUT2D eigenvalue weighted by Gasteiger charge is -1.97. The number of nitrogen functional groups attached to an aromatic ring is 1. The molecule has 0 bridgehead atoms. The van der Waals surface area contributed by atoms with Crippen molar-refractivity contribution >= 4 is 16.7 Å². The summed E-state index contributed by atoms with van der Waals surface area (Å²) in [4.78, 5) is 0. The van der Waals surface area contributed by atoms with E-state index in [-0.39, 0.29) is 0 Å². The van der Waals surface area contributed by atoms with Gasteiger partial charge in [-0.05, 0) is 19.1 Å². The highest BCUT2D eigenvalue weighted by Gasteiger charge is 2.11. The molecule has 0 aliphatic rings. The van der Waals surface area contributed by atoms with Gasteiger partial charge in [-0.3, -0.25) is 0 Å². The SMILES string of the molecule is Cc1ccc2c(c1)c(C#N)c(N)n2C. The summed E-state index contributed by atoms with van der Waals surface area (Å²) in [5, 5.41) is 9.91. The van der Waals surface area contributed by atoms with E-state index in [1.807, 2.05) is 36.7 Å². The van der Waals surface area contributed by atoms with Gasteiger partial charge in [-0.1, -0.05) is 11.6 Å². The van der Waals surface area contributed by atoms with Gasteiger partial charge in [-0.2, -0.15) is 5.26 Å². The molecule has 0 amide bonds. The second kappa shape index (κ2) is 2.78. The van der Waals surface area contributed by atoms with E-state index < -0.39 is 0 Å². The second-order valence-corrected chi connectivity index (χ2v) is 3.45. The lowest BCUT2D eigenvalue weighted by Crippen LogP contribution is -1.96. The number of hydrogen-bond donors (Lipinski definition) is 1. The lowest BCUT2D eigenvalue weighted by atomic mass is 10.1. The number of benzene rings is 1. The molecule has 0 saturated heterocycles. The van der Waals surface area contributed by atoms with Gasteiger partial charge in [-0.25, -0.2) is 0 Å². The molecule has 2 rings (SSSR count). The van der Waals surface area contributed by atoms with E-state index >= 15 is 0 Å². The minimum absolute atomic E-state index is 0.535. The molecule has 14 heavy (non-hydrogen) atoms. The number of anilines is 1. The highest BCUT2D eigenvalue weighted by Crippen LogP contribution is 2.26. The molecule has 0 fully saturated rings. The first-order chi connectivity index (χ1) is 6.65. The Kier molecular flexibility index (Phi) is 1.71. The van der Waals surface area contributed by atoms with E-state index in [1.54, 1.807) is 0 Å². The van der Waals surface area contributed by atoms with Gasteiger partial charge in [0.25, 0.3) is 0 Å². The van der Waals surface area contributed by atoms with Crippen LogP contribution in [0.5, 0.6) is 0 Å². The maximum atomic E-state index is 8.98. The molecule has 1 heterocycles. The van der Waals surface area contributed by atoms with E-state index in [2.05, 4.69) is 6.07 Å². The van der Waals surface area contributed by atoms with Gasteiger partial charge in [0.05, 0.1) is 5.52 Å². The lowest BCUT2D eigenvalue weighted by molar-refractivity contribution is 0.981. The van der Waals surface area contributed by atoms with Gasteiger partial charge in [0, 0.05) is 12.4 Å². The Morgan fingerprint density at radius 3 is 2.79 bits per heavy atom. The van der Waals surface area contributed by atoms with Crippen LogP contribution in [0.1, 0.15) is 11.1 Å². The van der Waals surface area contributed by atoms with Crippen molar-refractivity contribution in [2.24, 2.45) is 7.05 Å². The first-order valence-corrected chi connectivity index (χ1v) is 4.39. The van der Waals surface area contributed by atoms with Gasteiger partial charge in [0.15, 0.2) is 0 Å². The highest BCUT2D eigenvalue weighted by atomic mass is 15.0. The number of aromatic nitrogens is 1. The summed E-state index contributed by atoms with van der Waals surface area (Å²) >= 11 is 0. The Labute approximate surface area is 82.4 Å². The average molecular weight is 185 g/mol. The maximum Gasteiger partial charge on any atom is 0.122 e. The van der Waals surface area contributed by atoms with Crippen LogP contribution in [0.25, 0.3) is 10.9 Å². The summed E-state index contributed by atoms with van der Waals surface area (Å²) < 4.78 is 1.84. The van der Waals surface area contributed by atoms with Crippen LogP contribution < -0.4 is 5.73 Å². The molecule has 0 unspecified atom stereocenters. The fourth-order valence-electron chi connectivity index (χ4n) is 1.70. The van der Waals surface area contributed by atoms with Crippen LogP contribution in [0.2, 0.25) is 0 Å². The molecule has 2 N–H and O–H groups in total. The summed E-state index contributed by atoms with van der Waals surface area (Å²) in [6, 6.07) is 8.14. The number of nitriles is 1. The van der Waals surface area contributed by atoms with E-state index in [4.69, 9.17) is 11.0 Å². The second-order valence-electron chi connectivity index (χ2n) is 3.45. The van der Waals surface area contributed by atoms with Crippen molar-refractivity contribution in [2.45, 2.75) is 6.92 Å². The van der Waals surface area contributed by atoms with Crippen molar-refractivity contribution < 1.29 is 0 Å². The molecule has 3 nitrogen and oxygen atoms in total. The zero-order valence-corrected chi connectivity index (χ0v) is 8.20. The summed E-state index contributed by atoms with van der Waals surface area (Å²) in [5.41, 5.74) is 8.53. The van der Waals surface area contributed by atoms with Crippen LogP contribution in [0, 0.1) is 18.3 Å². The van der Waals surface area contributed by atoms with E-state index in [0.717, 1.165) is 16.5 Å². The Morgan fingerprint density at radius 1 is 1.43 bits per heavy atom. The fraction of sp³-hybridized carbons (Fsp3) is 0.182. The summed E-state index contributed by atoms with van der Waals surface area (Å²) in [7, 11) is 1.87. The Bertz CT molecular complexity index is 544. The summed E-state index contributed by atoms with van der Waals surface area (Å²) in [5.74, 6) is 0.535. The molecule has 0 aliphatic carbocycles. The molecule has 0 atom stereocenters. The molecule has 1 aromatic heterocycles. The number of fused-ring (bicyclic) bond motifs is 1. The quantitative estimate of drug-likeness (QED) is 0.681. The number of nitrogens with two attached hydrogens (primary N) is 1. The van der Waals surface area contributed by atoms with Gasteiger partial charge in [0.1, 0.15) is 17.5 Å². The highest BCUT2D eigenvalue weighted by molar-refractivity contribution is 5.92. The zero-order chi connectivity index (χ0) is 10.3. The molecule has 70 valence electrons. The smallest absolute Gasteiger partial charge is 0.122 e. The third-order valence-electron chi connectivity index (χ3n) is 2.51. The Morgan fingerprint density at radius 2 is 2.14 bits per heavy atom. The van der Waals surface area contributed by atoms with Gasteiger partial charge < -0.3 is 10.3 Å². The molecule has 2 aromatic rings. The fourth-order valence-corrected chi connectivity index (χ4v) is 1.70. The number of aryl methyl sites for hydroxylation is 2. The average Bonchev–Trinajstić information content (AvgIpc) is 2.39. The van der Waals surface area contributed by atoms with E-state index in [9.17, 15) is 0 Å². The number of rotatable bonds is 0. The van der Waals surface area contributed by atoms with Crippen molar-refractivity contribution in [3.8, 4) is 6.07 Å². The zero-order valence-electron chi connectivity index (χ0n) is 8.20. The van der Waals surface area contributed by atoms with Crippen LogP contribution in [0.4, 0.5) is 5.82 Å². The van der Waals surface area contributed by atoms with Crippen LogP contribution in [-0.2, 0) is 7.05 Å². The van der Waals surface area contributed by atoms with Crippen LogP contribution >= 0.6 is 0 Å². The van der Waals surface area contributed by atoms with Crippen molar-refractivity contribution in [1.29, 1.82) is 5.26 Å². The molecular formula is C11H11N3. The van der Waals surface area contributed by atoms with Crippen molar-refractivity contribution in [3.63, 3.8) is 0 Å². The molecule has 0 saturated carbocycles. The maximum absolute atomic E-state index is 8.98. The van der Waals surface area contributed by atoms with Crippen molar-refractivity contribution in [3.05, 3.63) is 29.3 Å². The standard InChI is InChI=1S/C11H11N3/c1-7-3-4-10-8(5-7)9(6-12)11(13)14(10)2/h3-5H,13H2,1-2H3. The van der Waals surface area contributed by atoms with Gasteiger partial charge in [-0.15, -0.1) is 0 Å². The van der Waals surface area contributed by atoms with E-state index in [0.29, 0.717) is 11.4 Å². The first kappa shape index (κ1) is 8.64. The predicted molar refractivity (Wildman–Crippen MR) is 56.8 cm³/mol. The van der Waals surface area contributed by atoms with Crippen LogP contribution in [0.3, 0.4) is 0 Å². The molecule has 3 heteroatoms. The first-order valence-electron chi connectivity index (χ1n) is 4.39. The topological polar surface area (TPSA) is 54.7 Å². The minimum atomic E-state index is 0.535. The summed E-state index contributed by atoms with van der Waals surface area (Å²) in [6.07, 6.45) is 0. The summed E-state index contributed by atoms with van der Waals surface area (Å²) in [6.45, 7) is 2.00. The monoisotopic (exact) mass is 185 g/mol. The minimum Gasteiger partial charge on any atom is -0.384 e. The largest absolute Gasteiger partial charge is 0.384 e. The number of nitrogens with zero attached hydrogens (tertiary/aromatic N) is 2. The molecule has 0 aliphatic heterocycles. The third-order valence-corrected chi connectivity index (χ3v) is 2.51. The van der Waals surface area contributed by atoms with Gasteiger partial charge >= 0.3 is 0 Å². The number of hydrogen-bond acceptors (Lipinski definition) is 2. The van der Waals surface area contributed by atoms with E-state index in [1.165, 1.54) is 0 Å². The van der Waals surface area contributed by atoms with Crippen molar-refractivity contribution in [1.82, 2.24) is 4.57 Å². The molecular weight excluding hydrogens is 174 g/mol. The Hall–Kier alpha value is -1.95. The van der Waals surface area contributed by atoms with Gasteiger partial charge in [0.2, 0.25) is 0 Å². The molecule has 0 radical (unpaired) electrons. The molecule has 1 aromatic carbocycles. The van der Waals surface area contributed by atoms with Crippen LogP contribution in [-0.4, -0.2) is 4.57 Å². The van der Waals surface area contributed by atoms with Crippen LogP contribution in [0.15, 0.2) is 18.2 Å². The molecule has 0 spiro atoms. The predicted octanol–water partition coefficient (Wildman–Crippen LogP) is 1.94. The Balaban J connectivity index is 2.98. The van der Waals surface area contributed by atoms with Crippen molar-refractivity contribution in [2.75, 3.05) is 5.73 Å². The normalized spacial score (nSPS) is 10.4. The third kappa shape index (κ3) is 0.975.